The van der Waals surface area contributed by atoms with Crippen molar-refractivity contribution in [1.82, 2.24) is 10.6 Å². The van der Waals surface area contributed by atoms with Crippen LogP contribution in [0.2, 0.25) is 0 Å². The fraction of sp³-hybridized carbons (Fsp3) is 0.333. The van der Waals surface area contributed by atoms with Crippen LogP contribution in [0, 0.1) is 0 Å². The number of carbonyl (C=O) groups excluding carboxylic acids is 3. The maximum absolute atomic E-state index is 13.4. The number of hydrazine groups is 1. The molecule has 0 spiro atoms. The van der Waals surface area contributed by atoms with Gasteiger partial charge in [-0.15, -0.1) is 0 Å². The number of amides is 1. The molecular weight excluding hydrogens is 586 g/mol. The van der Waals surface area contributed by atoms with Gasteiger partial charge in [-0.1, -0.05) is 18.9 Å². The van der Waals surface area contributed by atoms with Gasteiger partial charge in [-0.2, -0.15) is 5.10 Å². The van der Waals surface area contributed by atoms with E-state index in [-0.39, 0.29) is 18.5 Å². The van der Waals surface area contributed by atoms with Crippen LogP contribution in [0.3, 0.4) is 0 Å². The Morgan fingerprint density at radius 3 is 2.46 bits per heavy atom. The molecule has 13 heteroatoms. The average Bonchev–Trinajstić information content (AvgIpc) is 3.06. The standard InChI is InChI=1S/C33H45N9O4/c1-5-46-33(45)28-9-7-6-8-27(30(38-4)19-22(16-17-43)26-13-11-25(37-3)20-29(26)40-28)41-32(44)15-10-23-18-24(36-2)12-14-31(23)42(35)21-39-34/h10-21,27-28,36-38,40H,5-9,34-35H2,1-4H3,(H,41,44)/b15-10+,22-16+,30-19-,39-21-. The number of allylic oxidation sites excluding steroid dienone is 3. The molecule has 1 amide bonds. The zero-order chi connectivity index (χ0) is 33.5. The molecule has 2 unspecified atom stereocenters. The summed E-state index contributed by atoms with van der Waals surface area (Å²) < 4.78 is 5.37. The average molecular weight is 632 g/mol. The predicted molar refractivity (Wildman–Crippen MR) is 186 cm³/mol. The van der Waals surface area contributed by atoms with Crippen molar-refractivity contribution >= 4 is 58.9 Å². The van der Waals surface area contributed by atoms with E-state index >= 15 is 0 Å². The van der Waals surface area contributed by atoms with E-state index in [1.54, 1.807) is 33.2 Å². The van der Waals surface area contributed by atoms with Crippen molar-refractivity contribution in [2.45, 2.75) is 44.7 Å². The number of rotatable bonds is 11. The number of anilines is 4. The van der Waals surface area contributed by atoms with Gasteiger partial charge in [0.15, 0.2) is 0 Å². The van der Waals surface area contributed by atoms with E-state index in [0.29, 0.717) is 65.7 Å². The Labute approximate surface area is 270 Å². The molecule has 0 saturated heterocycles. The smallest absolute Gasteiger partial charge is 0.328 e. The highest BCUT2D eigenvalue weighted by Crippen LogP contribution is 2.31. The Morgan fingerprint density at radius 1 is 1.07 bits per heavy atom. The Morgan fingerprint density at radius 2 is 1.78 bits per heavy atom. The summed E-state index contributed by atoms with van der Waals surface area (Å²) in [7, 11) is 5.37. The number of nitrogens with one attached hydrogen (secondary N) is 5. The zero-order valence-corrected chi connectivity index (χ0v) is 26.8. The lowest BCUT2D eigenvalue weighted by Crippen LogP contribution is -2.39. The number of likely N-dealkylation sites (N-methyl/N-ethyl adjacent to an activating group) is 1. The molecule has 246 valence electrons. The quantitative estimate of drug-likeness (QED) is 0.0367. The number of aldehydes is 1. The van der Waals surface area contributed by atoms with Crippen molar-refractivity contribution in [2.24, 2.45) is 16.8 Å². The lowest BCUT2D eigenvalue weighted by molar-refractivity contribution is -0.144. The van der Waals surface area contributed by atoms with E-state index in [2.05, 4.69) is 31.7 Å². The van der Waals surface area contributed by atoms with E-state index < -0.39 is 12.1 Å². The molecule has 13 nitrogen and oxygen atoms in total. The summed E-state index contributed by atoms with van der Waals surface area (Å²) in [6, 6.07) is 10.1. The number of nitrogens with two attached hydrogens (primary N) is 2. The Kier molecular flexibility index (Phi) is 13.7. The Hall–Kier alpha value is -5.30. The van der Waals surface area contributed by atoms with Crippen LogP contribution in [0.25, 0.3) is 11.6 Å². The minimum absolute atomic E-state index is 0.261. The summed E-state index contributed by atoms with van der Waals surface area (Å²) in [5.74, 6) is 10.7. The van der Waals surface area contributed by atoms with Gasteiger partial charge in [0, 0.05) is 61.1 Å². The molecule has 1 heterocycles. The van der Waals surface area contributed by atoms with Crippen molar-refractivity contribution in [1.29, 1.82) is 0 Å². The van der Waals surface area contributed by atoms with Gasteiger partial charge in [-0.25, -0.2) is 10.6 Å². The highest BCUT2D eigenvalue weighted by Gasteiger charge is 2.24. The fourth-order valence-electron chi connectivity index (χ4n) is 5.15. The fourth-order valence-corrected chi connectivity index (χ4v) is 5.15. The van der Waals surface area contributed by atoms with Crippen molar-refractivity contribution < 1.29 is 19.1 Å². The first-order valence-electron chi connectivity index (χ1n) is 15.2. The molecule has 1 aliphatic heterocycles. The molecule has 0 aromatic heterocycles. The van der Waals surface area contributed by atoms with Gasteiger partial charge in [0.25, 0.3) is 0 Å². The van der Waals surface area contributed by atoms with Crippen LogP contribution in [0.4, 0.5) is 22.7 Å². The molecule has 2 aromatic rings. The van der Waals surface area contributed by atoms with E-state index in [1.165, 1.54) is 23.5 Å². The highest BCUT2D eigenvalue weighted by atomic mass is 16.5. The third-order valence-corrected chi connectivity index (χ3v) is 7.49. The molecule has 2 atom stereocenters. The van der Waals surface area contributed by atoms with Crippen LogP contribution < -0.4 is 43.3 Å². The molecule has 0 radical (unpaired) electrons. The first-order chi connectivity index (χ1) is 22.3. The van der Waals surface area contributed by atoms with Gasteiger partial charge in [-0.05, 0) is 73.9 Å². The Balaban J connectivity index is 2.01. The van der Waals surface area contributed by atoms with Crippen LogP contribution in [0.15, 0.2) is 65.4 Å². The van der Waals surface area contributed by atoms with Crippen LogP contribution in [-0.4, -0.2) is 64.3 Å². The highest BCUT2D eigenvalue weighted by molar-refractivity contribution is 5.95. The molecule has 0 aliphatic carbocycles. The molecular formula is C33H45N9O4. The van der Waals surface area contributed by atoms with Crippen LogP contribution in [0.1, 0.15) is 43.7 Å². The normalized spacial score (nSPS) is 19.1. The summed E-state index contributed by atoms with van der Waals surface area (Å²) in [5, 5.41) is 20.6. The van der Waals surface area contributed by atoms with Gasteiger partial charge < -0.3 is 37.2 Å². The third kappa shape index (κ3) is 9.60. The predicted octanol–water partition coefficient (Wildman–Crippen LogP) is 3.15. The lowest BCUT2D eigenvalue weighted by Gasteiger charge is -2.25. The number of carbonyl (C=O) groups is 3. The SMILES string of the molecule is CCOC(=O)C1CCCCC(NC(=O)/C=C/c2cc(NC)ccc2N(N)/C=N\N)/C(NC)=C/C(=C\C=O)c2ccc(NC)cc2N1. The largest absolute Gasteiger partial charge is 0.464 e. The van der Waals surface area contributed by atoms with Crippen LogP contribution in [0.5, 0.6) is 0 Å². The summed E-state index contributed by atoms with van der Waals surface area (Å²) >= 11 is 0. The topological polar surface area (TPSA) is 188 Å². The van der Waals surface area contributed by atoms with Crippen molar-refractivity contribution in [3.63, 3.8) is 0 Å². The second-order valence-electron chi connectivity index (χ2n) is 10.4. The number of fused-ring (bicyclic) bond motifs is 1. The van der Waals surface area contributed by atoms with E-state index in [9.17, 15) is 14.4 Å². The van der Waals surface area contributed by atoms with Crippen molar-refractivity contribution in [3.05, 3.63) is 71.5 Å². The second-order valence-corrected chi connectivity index (χ2v) is 10.4. The molecule has 0 saturated carbocycles. The van der Waals surface area contributed by atoms with Gasteiger partial charge >= 0.3 is 5.97 Å². The molecule has 0 bridgehead atoms. The number of benzene rings is 2. The molecule has 0 fully saturated rings. The number of hydrogen-bond acceptors (Lipinski definition) is 11. The maximum atomic E-state index is 13.4. The number of hydrogen-bond donors (Lipinski definition) is 7. The third-order valence-electron chi connectivity index (χ3n) is 7.49. The molecule has 2 aromatic carbocycles. The summed E-state index contributed by atoms with van der Waals surface area (Å²) in [6.07, 6.45) is 10.9. The second kappa shape index (κ2) is 17.9. The zero-order valence-electron chi connectivity index (χ0n) is 26.8. The molecule has 3 rings (SSSR count). The van der Waals surface area contributed by atoms with E-state index in [4.69, 9.17) is 16.4 Å². The number of ether oxygens (including phenoxy) is 1. The summed E-state index contributed by atoms with van der Waals surface area (Å²) in [5.41, 5.74) is 5.61. The van der Waals surface area contributed by atoms with E-state index in [0.717, 1.165) is 11.4 Å². The molecule has 46 heavy (non-hydrogen) atoms. The van der Waals surface area contributed by atoms with Crippen molar-refractivity contribution in [3.8, 4) is 0 Å². The van der Waals surface area contributed by atoms with Gasteiger partial charge in [0.2, 0.25) is 5.91 Å². The number of nitrogens with zero attached hydrogens (tertiary/aromatic N) is 2. The van der Waals surface area contributed by atoms with E-state index in [1.807, 2.05) is 43.5 Å². The van der Waals surface area contributed by atoms with Gasteiger partial charge in [0.1, 0.15) is 18.7 Å². The number of esters is 1. The Bertz CT molecular complexity index is 1490. The molecule has 9 N–H and O–H groups in total. The first kappa shape index (κ1) is 35.2. The summed E-state index contributed by atoms with van der Waals surface area (Å²) in [4.78, 5) is 38.1. The first-order valence-corrected chi connectivity index (χ1v) is 15.2. The minimum Gasteiger partial charge on any atom is -0.464 e. The minimum atomic E-state index is -0.597. The number of hydrazone groups is 1. The van der Waals surface area contributed by atoms with Crippen molar-refractivity contribution in [2.75, 3.05) is 48.7 Å². The van der Waals surface area contributed by atoms with Crippen LogP contribution in [-0.2, 0) is 19.1 Å². The lowest BCUT2D eigenvalue weighted by atomic mass is 9.95. The monoisotopic (exact) mass is 631 g/mol. The van der Waals surface area contributed by atoms with Crippen LogP contribution >= 0.6 is 0 Å². The van der Waals surface area contributed by atoms with Gasteiger partial charge in [0.05, 0.1) is 18.3 Å². The summed E-state index contributed by atoms with van der Waals surface area (Å²) in [6.45, 7) is 2.03. The molecule has 1 aliphatic rings. The maximum Gasteiger partial charge on any atom is 0.328 e. The van der Waals surface area contributed by atoms with Gasteiger partial charge in [-0.3, -0.25) is 14.6 Å².